The Balaban J connectivity index is 0.00000312. The second kappa shape index (κ2) is 9.06. The van der Waals surface area contributed by atoms with Gasteiger partial charge >= 0.3 is 0 Å². The molecule has 2 atom stereocenters. The number of halogens is 1. The average molecular weight is 370 g/mol. The van der Waals surface area contributed by atoms with Crippen LogP contribution in [0.25, 0.3) is 0 Å². The summed E-state index contributed by atoms with van der Waals surface area (Å²) in [7, 11) is 1.62. The molecule has 1 aromatic carbocycles. The number of hydrogen-bond donors (Lipinski definition) is 2. The molecule has 2 unspecified atom stereocenters. The van der Waals surface area contributed by atoms with Gasteiger partial charge < -0.3 is 20.7 Å². The molecule has 2 amide bonds. The van der Waals surface area contributed by atoms with Crippen LogP contribution >= 0.6 is 12.4 Å². The molecule has 7 heteroatoms. The van der Waals surface area contributed by atoms with Gasteiger partial charge in [0.2, 0.25) is 11.8 Å². The number of rotatable bonds is 7. The summed E-state index contributed by atoms with van der Waals surface area (Å²) < 4.78 is 5.13. The van der Waals surface area contributed by atoms with Gasteiger partial charge in [-0.05, 0) is 37.5 Å². The van der Waals surface area contributed by atoms with Crippen LogP contribution in [0.5, 0.6) is 5.75 Å². The van der Waals surface area contributed by atoms with Crippen molar-refractivity contribution in [1.29, 1.82) is 0 Å². The Hall–Kier alpha value is -1.79. The van der Waals surface area contributed by atoms with Gasteiger partial charge in [-0.2, -0.15) is 0 Å². The summed E-state index contributed by atoms with van der Waals surface area (Å²) in [4.78, 5) is 26.5. The molecule has 6 nitrogen and oxygen atoms in total. The molecular weight excluding hydrogens is 342 g/mol. The number of likely N-dealkylation sites (tertiary alicyclic amines) is 1. The number of nitrogens with one attached hydrogen (secondary N) is 1. The van der Waals surface area contributed by atoms with E-state index in [1.165, 1.54) is 0 Å². The highest BCUT2D eigenvalue weighted by molar-refractivity contribution is 5.92. The minimum Gasteiger partial charge on any atom is -0.497 e. The van der Waals surface area contributed by atoms with Gasteiger partial charge in [-0.3, -0.25) is 9.59 Å². The van der Waals surface area contributed by atoms with E-state index < -0.39 is 11.6 Å². The quantitative estimate of drug-likeness (QED) is 0.768. The van der Waals surface area contributed by atoms with Crippen molar-refractivity contribution in [1.82, 2.24) is 10.2 Å². The van der Waals surface area contributed by atoms with Crippen LogP contribution in [0.3, 0.4) is 0 Å². The molecular formula is C18H28ClN3O3. The van der Waals surface area contributed by atoms with Crippen molar-refractivity contribution in [2.45, 2.75) is 51.2 Å². The van der Waals surface area contributed by atoms with E-state index in [2.05, 4.69) is 5.32 Å². The Labute approximate surface area is 155 Å². The van der Waals surface area contributed by atoms with Gasteiger partial charge in [0.1, 0.15) is 11.8 Å². The van der Waals surface area contributed by atoms with Crippen molar-refractivity contribution < 1.29 is 14.3 Å². The van der Waals surface area contributed by atoms with Crippen LogP contribution in [0.1, 0.15) is 38.7 Å². The van der Waals surface area contributed by atoms with Crippen LogP contribution in [0.2, 0.25) is 0 Å². The fourth-order valence-electron chi connectivity index (χ4n) is 2.94. The molecule has 0 aliphatic carbocycles. The van der Waals surface area contributed by atoms with Crippen LogP contribution in [0.15, 0.2) is 24.3 Å². The summed E-state index contributed by atoms with van der Waals surface area (Å²) in [5, 5.41) is 2.81. The first-order valence-corrected chi connectivity index (χ1v) is 8.39. The van der Waals surface area contributed by atoms with E-state index in [-0.39, 0.29) is 24.2 Å². The number of hydrogen-bond acceptors (Lipinski definition) is 4. The van der Waals surface area contributed by atoms with Crippen LogP contribution in [0, 0.1) is 0 Å². The van der Waals surface area contributed by atoms with Crippen molar-refractivity contribution in [3.8, 4) is 5.75 Å². The summed E-state index contributed by atoms with van der Waals surface area (Å²) in [6.45, 7) is 4.85. The first-order valence-electron chi connectivity index (χ1n) is 8.39. The monoisotopic (exact) mass is 369 g/mol. The number of nitrogens with zero attached hydrogens (tertiary/aromatic N) is 1. The normalized spacial score (nSPS) is 19.1. The van der Waals surface area contributed by atoms with Crippen LogP contribution < -0.4 is 15.8 Å². The minimum absolute atomic E-state index is 0. The zero-order valence-electron chi connectivity index (χ0n) is 15.1. The first-order chi connectivity index (χ1) is 11.4. The van der Waals surface area contributed by atoms with Gasteiger partial charge in [0.25, 0.3) is 0 Å². The molecule has 1 saturated heterocycles. The second-order valence-electron chi connectivity index (χ2n) is 6.59. The van der Waals surface area contributed by atoms with E-state index in [1.807, 2.05) is 31.2 Å². The third-order valence-corrected chi connectivity index (χ3v) is 4.42. The van der Waals surface area contributed by atoms with Crippen LogP contribution in [0.4, 0.5) is 0 Å². The summed E-state index contributed by atoms with van der Waals surface area (Å²) in [5.41, 5.74) is 6.13. The van der Waals surface area contributed by atoms with E-state index in [0.29, 0.717) is 25.9 Å². The van der Waals surface area contributed by atoms with E-state index in [1.54, 1.807) is 18.9 Å². The zero-order valence-corrected chi connectivity index (χ0v) is 15.9. The Kier molecular flexibility index (Phi) is 7.70. The lowest BCUT2D eigenvalue weighted by Crippen LogP contribution is -2.55. The SMILES string of the molecule is CCCC(C)(N)C(=O)NC1CCN(Cc2ccc(OC)cc2)C1=O.Cl. The molecule has 0 aromatic heterocycles. The van der Waals surface area contributed by atoms with Gasteiger partial charge in [-0.1, -0.05) is 25.5 Å². The van der Waals surface area contributed by atoms with Gasteiger partial charge in [0.05, 0.1) is 12.6 Å². The highest BCUT2D eigenvalue weighted by Crippen LogP contribution is 2.18. The van der Waals surface area contributed by atoms with Gasteiger partial charge in [-0.15, -0.1) is 12.4 Å². The van der Waals surface area contributed by atoms with Gasteiger partial charge in [-0.25, -0.2) is 0 Å². The largest absolute Gasteiger partial charge is 0.497 e. The van der Waals surface area contributed by atoms with Gasteiger partial charge in [0, 0.05) is 13.1 Å². The van der Waals surface area contributed by atoms with Crippen LogP contribution in [-0.4, -0.2) is 41.9 Å². The maximum absolute atomic E-state index is 12.5. The summed E-state index contributed by atoms with van der Waals surface area (Å²) >= 11 is 0. The molecule has 1 aliphatic rings. The molecule has 1 aliphatic heterocycles. The molecule has 0 saturated carbocycles. The topological polar surface area (TPSA) is 84.7 Å². The molecule has 1 fully saturated rings. The van der Waals surface area contributed by atoms with Crippen molar-refractivity contribution in [3.05, 3.63) is 29.8 Å². The molecule has 140 valence electrons. The molecule has 0 radical (unpaired) electrons. The second-order valence-corrected chi connectivity index (χ2v) is 6.59. The predicted octanol–water partition coefficient (Wildman–Crippen LogP) is 1.85. The number of nitrogens with two attached hydrogens (primary N) is 1. The van der Waals surface area contributed by atoms with E-state index in [0.717, 1.165) is 17.7 Å². The lowest BCUT2D eigenvalue weighted by molar-refractivity contribution is -0.134. The molecule has 1 heterocycles. The number of methoxy groups -OCH3 is 1. The fourth-order valence-corrected chi connectivity index (χ4v) is 2.94. The maximum Gasteiger partial charge on any atom is 0.245 e. The lowest BCUT2D eigenvalue weighted by Gasteiger charge is -2.25. The van der Waals surface area contributed by atoms with E-state index in [4.69, 9.17) is 10.5 Å². The maximum atomic E-state index is 12.5. The molecule has 2 rings (SSSR count). The molecule has 3 N–H and O–H groups in total. The standard InChI is InChI=1S/C18H27N3O3.ClH/c1-4-10-18(2,19)17(23)20-15-9-11-21(16(15)22)12-13-5-7-14(24-3)8-6-13;/h5-8,15H,4,9-12,19H2,1-3H3,(H,20,23);1H. The number of amides is 2. The number of benzene rings is 1. The molecule has 0 bridgehead atoms. The minimum atomic E-state index is -0.932. The lowest BCUT2D eigenvalue weighted by atomic mass is 9.96. The molecule has 0 spiro atoms. The van der Waals surface area contributed by atoms with Crippen molar-refractivity contribution in [2.75, 3.05) is 13.7 Å². The smallest absolute Gasteiger partial charge is 0.245 e. The fraction of sp³-hybridized carbons (Fsp3) is 0.556. The van der Waals surface area contributed by atoms with Crippen LogP contribution in [-0.2, 0) is 16.1 Å². The molecule has 1 aromatic rings. The highest BCUT2D eigenvalue weighted by Gasteiger charge is 2.36. The Morgan fingerprint density at radius 2 is 2.04 bits per heavy atom. The molecule has 25 heavy (non-hydrogen) atoms. The number of carbonyl (C=O) groups is 2. The predicted molar refractivity (Wildman–Crippen MR) is 99.7 cm³/mol. The third-order valence-electron chi connectivity index (χ3n) is 4.42. The number of ether oxygens (including phenoxy) is 1. The Morgan fingerprint density at radius 3 is 2.60 bits per heavy atom. The first kappa shape index (κ1) is 21.3. The van der Waals surface area contributed by atoms with Gasteiger partial charge in [0.15, 0.2) is 0 Å². The summed E-state index contributed by atoms with van der Waals surface area (Å²) in [5.74, 6) is 0.482. The summed E-state index contributed by atoms with van der Waals surface area (Å²) in [6, 6.07) is 7.15. The zero-order chi connectivity index (χ0) is 17.7. The van der Waals surface area contributed by atoms with E-state index in [9.17, 15) is 9.59 Å². The van der Waals surface area contributed by atoms with Crippen molar-refractivity contribution in [2.24, 2.45) is 5.73 Å². The van der Waals surface area contributed by atoms with E-state index >= 15 is 0 Å². The highest BCUT2D eigenvalue weighted by atomic mass is 35.5. The number of carbonyl (C=O) groups excluding carboxylic acids is 2. The Morgan fingerprint density at radius 1 is 1.40 bits per heavy atom. The average Bonchev–Trinajstić information content (AvgIpc) is 2.89. The summed E-state index contributed by atoms with van der Waals surface area (Å²) in [6.07, 6.45) is 2.03. The third kappa shape index (κ3) is 5.34. The van der Waals surface area contributed by atoms with Crippen molar-refractivity contribution in [3.63, 3.8) is 0 Å². The Bertz CT molecular complexity index is 590. The van der Waals surface area contributed by atoms with Crippen molar-refractivity contribution >= 4 is 24.2 Å².